The van der Waals surface area contributed by atoms with E-state index >= 15 is 0 Å². The summed E-state index contributed by atoms with van der Waals surface area (Å²) in [4.78, 5) is 26.4. The molecule has 2 aromatic carbocycles. The molecule has 2 heterocycles. The lowest BCUT2D eigenvalue weighted by Gasteiger charge is -2.33. The van der Waals surface area contributed by atoms with Gasteiger partial charge in [-0.25, -0.2) is 9.97 Å². The zero-order valence-corrected chi connectivity index (χ0v) is 17.7. The fourth-order valence-corrected chi connectivity index (χ4v) is 3.56. The second kappa shape index (κ2) is 9.75. The molecule has 162 valence electrons. The minimum Gasteiger partial charge on any atom is -0.487 e. The Hall–Kier alpha value is -4.19. The van der Waals surface area contributed by atoms with Crippen molar-refractivity contribution in [3.8, 4) is 11.8 Å². The van der Waals surface area contributed by atoms with E-state index in [9.17, 15) is 10.1 Å². The lowest BCUT2D eigenvalue weighted by molar-refractivity contribution is -0.114. The topological polar surface area (TPSA) is 116 Å². The molecule has 0 unspecified atom stereocenters. The second-order valence-electron chi connectivity index (χ2n) is 7.43. The maximum Gasteiger partial charge on any atom is 0.231 e. The molecule has 1 fully saturated rings. The number of benzene rings is 2. The Morgan fingerprint density at radius 1 is 1.19 bits per heavy atom. The van der Waals surface area contributed by atoms with Gasteiger partial charge >= 0.3 is 0 Å². The summed E-state index contributed by atoms with van der Waals surface area (Å²) in [5.74, 6) is 1.43. The molecule has 0 bridgehead atoms. The van der Waals surface area contributed by atoms with E-state index in [0.29, 0.717) is 35.4 Å². The number of amides is 1. The third-order valence-electron chi connectivity index (χ3n) is 4.96. The van der Waals surface area contributed by atoms with E-state index in [4.69, 9.17) is 4.74 Å². The van der Waals surface area contributed by atoms with E-state index in [2.05, 4.69) is 36.6 Å². The summed E-state index contributed by atoms with van der Waals surface area (Å²) >= 11 is 0. The number of hydrogen-bond acceptors (Lipinski definition) is 8. The van der Waals surface area contributed by atoms with Gasteiger partial charge in [-0.2, -0.15) is 10.2 Å². The summed E-state index contributed by atoms with van der Waals surface area (Å²) in [5, 5.41) is 15.2. The number of nitriles is 1. The number of para-hydroxylation sites is 1. The van der Waals surface area contributed by atoms with Crippen molar-refractivity contribution in [3.05, 3.63) is 60.4 Å². The van der Waals surface area contributed by atoms with E-state index in [1.165, 1.54) is 13.3 Å². The Labute approximate surface area is 186 Å². The van der Waals surface area contributed by atoms with E-state index in [-0.39, 0.29) is 12.0 Å². The van der Waals surface area contributed by atoms with Gasteiger partial charge in [0.1, 0.15) is 24.3 Å². The van der Waals surface area contributed by atoms with Crippen molar-refractivity contribution in [2.75, 3.05) is 28.6 Å². The van der Waals surface area contributed by atoms with Crippen molar-refractivity contribution in [2.24, 2.45) is 0 Å². The molecule has 1 aromatic heterocycles. The molecule has 3 aromatic rings. The lowest BCUT2D eigenvalue weighted by Crippen LogP contribution is -2.42. The van der Waals surface area contributed by atoms with Crippen LogP contribution < -0.4 is 20.3 Å². The van der Waals surface area contributed by atoms with Gasteiger partial charge in [0.15, 0.2) is 0 Å². The van der Waals surface area contributed by atoms with E-state index in [1.54, 1.807) is 6.07 Å². The van der Waals surface area contributed by atoms with Gasteiger partial charge in [0, 0.05) is 24.8 Å². The zero-order chi connectivity index (χ0) is 22.3. The maximum absolute atomic E-state index is 11.3. The predicted molar refractivity (Wildman–Crippen MR) is 121 cm³/mol. The Morgan fingerprint density at radius 3 is 2.88 bits per heavy atom. The molecule has 0 radical (unpaired) electrons. The van der Waals surface area contributed by atoms with Crippen molar-refractivity contribution < 1.29 is 9.53 Å². The van der Waals surface area contributed by atoms with Gasteiger partial charge in [-0.1, -0.05) is 18.2 Å². The summed E-state index contributed by atoms with van der Waals surface area (Å²) in [6, 6.07) is 16.7. The van der Waals surface area contributed by atoms with Crippen molar-refractivity contribution in [2.45, 2.75) is 25.9 Å². The van der Waals surface area contributed by atoms with Crippen LogP contribution in [-0.2, 0) is 4.79 Å². The van der Waals surface area contributed by atoms with Crippen LogP contribution in [0.5, 0.6) is 5.75 Å². The maximum atomic E-state index is 11.3. The fourth-order valence-electron chi connectivity index (χ4n) is 3.56. The lowest BCUT2D eigenvalue weighted by atomic mass is 10.1. The summed E-state index contributed by atoms with van der Waals surface area (Å²) in [7, 11) is 0. The number of carbonyl (C=O) groups is 1. The van der Waals surface area contributed by atoms with Crippen LogP contribution in [0.3, 0.4) is 0 Å². The number of ether oxygens (including phenoxy) is 1. The fraction of sp³-hybridized carbons (Fsp3) is 0.261. The molecular formula is C23H23N7O2. The van der Waals surface area contributed by atoms with Crippen molar-refractivity contribution >= 4 is 29.2 Å². The van der Waals surface area contributed by atoms with Gasteiger partial charge < -0.3 is 20.3 Å². The molecule has 32 heavy (non-hydrogen) atoms. The van der Waals surface area contributed by atoms with Crippen LogP contribution in [0.25, 0.3) is 0 Å². The standard InChI is InChI=1S/C23H23N7O2/c1-16(31)27-18-7-4-8-19(12-18)28-22-25-15-26-23(29-22)30-11-5-9-20(14-30)32-21-10-3-2-6-17(21)13-24/h2-4,6-8,10,12,15,20H,5,9,11,14H2,1H3,(H,27,31)(H,25,26,28,29)/t20-/m0/s1. The minimum absolute atomic E-state index is 0.0687. The molecule has 1 amide bonds. The van der Waals surface area contributed by atoms with Crippen LogP contribution in [0.1, 0.15) is 25.3 Å². The predicted octanol–water partition coefficient (Wildman–Crippen LogP) is 3.49. The number of carbonyl (C=O) groups excluding carboxylic acids is 1. The van der Waals surface area contributed by atoms with Gasteiger partial charge in [-0.15, -0.1) is 0 Å². The summed E-state index contributed by atoms with van der Waals surface area (Å²) in [6.07, 6.45) is 3.22. The molecule has 0 spiro atoms. The quantitative estimate of drug-likeness (QED) is 0.612. The smallest absolute Gasteiger partial charge is 0.231 e. The van der Waals surface area contributed by atoms with Gasteiger partial charge in [-0.05, 0) is 43.2 Å². The molecule has 0 saturated carbocycles. The highest BCUT2D eigenvalue weighted by Gasteiger charge is 2.24. The first-order chi connectivity index (χ1) is 15.6. The number of nitrogens with zero attached hydrogens (tertiary/aromatic N) is 5. The van der Waals surface area contributed by atoms with Crippen LogP contribution in [0.2, 0.25) is 0 Å². The number of aromatic nitrogens is 3. The van der Waals surface area contributed by atoms with E-state index < -0.39 is 0 Å². The normalized spacial score (nSPS) is 15.5. The largest absolute Gasteiger partial charge is 0.487 e. The third-order valence-corrected chi connectivity index (χ3v) is 4.96. The third kappa shape index (κ3) is 5.29. The first kappa shape index (κ1) is 21.1. The van der Waals surface area contributed by atoms with Crippen molar-refractivity contribution in [1.82, 2.24) is 15.0 Å². The Morgan fingerprint density at radius 2 is 2.03 bits per heavy atom. The molecule has 1 aliphatic heterocycles. The SMILES string of the molecule is CC(=O)Nc1cccc(Nc2ncnc(N3CCC[C@H](Oc4ccccc4C#N)C3)n2)c1. The highest BCUT2D eigenvalue weighted by molar-refractivity contribution is 5.89. The molecular weight excluding hydrogens is 406 g/mol. The monoisotopic (exact) mass is 429 g/mol. The summed E-state index contributed by atoms with van der Waals surface area (Å²) < 4.78 is 6.11. The van der Waals surface area contributed by atoms with E-state index in [1.807, 2.05) is 42.5 Å². The molecule has 4 rings (SSSR count). The van der Waals surface area contributed by atoms with Crippen LogP contribution in [0.4, 0.5) is 23.3 Å². The van der Waals surface area contributed by atoms with Crippen molar-refractivity contribution in [1.29, 1.82) is 5.26 Å². The molecule has 1 atom stereocenters. The van der Waals surface area contributed by atoms with Gasteiger partial charge in [-0.3, -0.25) is 4.79 Å². The Bertz CT molecular complexity index is 1140. The van der Waals surface area contributed by atoms with Gasteiger partial charge in [0.05, 0.1) is 12.1 Å². The summed E-state index contributed by atoms with van der Waals surface area (Å²) in [6.45, 7) is 2.88. The number of nitrogens with one attached hydrogen (secondary N) is 2. The first-order valence-electron chi connectivity index (χ1n) is 10.3. The highest BCUT2D eigenvalue weighted by Crippen LogP contribution is 2.24. The first-order valence-corrected chi connectivity index (χ1v) is 10.3. The van der Waals surface area contributed by atoms with Gasteiger partial charge in [0.25, 0.3) is 0 Å². The van der Waals surface area contributed by atoms with Crippen LogP contribution in [0, 0.1) is 11.3 Å². The number of piperidine rings is 1. The molecule has 1 aliphatic rings. The number of anilines is 4. The molecule has 9 heteroatoms. The average molecular weight is 429 g/mol. The van der Waals surface area contributed by atoms with Crippen LogP contribution in [-0.4, -0.2) is 40.1 Å². The number of rotatable bonds is 6. The zero-order valence-electron chi connectivity index (χ0n) is 17.7. The van der Waals surface area contributed by atoms with Crippen LogP contribution >= 0.6 is 0 Å². The van der Waals surface area contributed by atoms with Gasteiger partial charge in [0.2, 0.25) is 17.8 Å². The Kier molecular flexibility index (Phi) is 6.41. The highest BCUT2D eigenvalue weighted by atomic mass is 16.5. The molecule has 1 saturated heterocycles. The molecule has 0 aliphatic carbocycles. The van der Waals surface area contributed by atoms with Crippen molar-refractivity contribution in [3.63, 3.8) is 0 Å². The molecule has 9 nitrogen and oxygen atoms in total. The second-order valence-corrected chi connectivity index (χ2v) is 7.43. The molecule has 2 N–H and O–H groups in total. The van der Waals surface area contributed by atoms with Crippen LogP contribution in [0.15, 0.2) is 54.9 Å². The summed E-state index contributed by atoms with van der Waals surface area (Å²) in [5.41, 5.74) is 1.96. The average Bonchev–Trinajstić information content (AvgIpc) is 2.80. The Balaban J connectivity index is 1.45. The minimum atomic E-state index is -0.135. The van der Waals surface area contributed by atoms with E-state index in [0.717, 1.165) is 25.1 Å². The number of hydrogen-bond donors (Lipinski definition) is 2.